The van der Waals surface area contributed by atoms with Gasteiger partial charge < -0.3 is 15.1 Å². The number of nitrogens with one attached hydrogen (secondary N) is 1. The fourth-order valence-corrected chi connectivity index (χ4v) is 7.94. The molecule has 1 saturated carbocycles. The van der Waals surface area contributed by atoms with E-state index in [1.54, 1.807) is 11.3 Å². The minimum atomic E-state index is -0.399. The second kappa shape index (κ2) is 12.4. The predicted octanol–water partition coefficient (Wildman–Crippen LogP) is 5.92. The lowest BCUT2D eigenvalue weighted by atomic mass is 9.80. The second-order valence-corrected chi connectivity index (χ2v) is 12.9. The first-order valence-corrected chi connectivity index (χ1v) is 16.2. The van der Waals surface area contributed by atoms with E-state index in [4.69, 9.17) is 0 Å². The molecule has 2 aliphatic heterocycles. The number of carbonyl (C=O) groups excluding carboxylic acids is 2. The van der Waals surface area contributed by atoms with Crippen molar-refractivity contribution < 1.29 is 9.59 Å². The molecule has 2 aromatic carbocycles. The van der Waals surface area contributed by atoms with Crippen molar-refractivity contribution in [3.8, 4) is 0 Å². The summed E-state index contributed by atoms with van der Waals surface area (Å²) in [5.74, 6) is -0.287. The molecule has 1 aromatic heterocycles. The number of anilines is 1. The molecule has 1 saturated heterocycles. The average Bonchev–Trinajstić information content (AvgIpc) is 3.72. The summed E-state index contributed by atoms with van der Waals surface area (Å²) in [6, 6.07) is 18.5. The van der Waals surface area contributed by atoms with E-state index in [0.29, 0.717) is 12.1 Å². The van der Waals surface area contributed by atoms with Gasteiger partial charge in [0.2, 0.25) is 5.91 Å². The van der Waals surface area contributed by atoms with Crippen LogP contribution in [-0.2, 0) is 4.79 Å². The lowest BCUT2D eigenvalue weighted by Gasteiger charge is -2.44. The molecular weight excluding hydrogens is 528 g/mol. The summed E-state index contributed by atoms with van der Waals surface area (Å²) in [7, 11) is 0. The molecule has 2 atom stereocenters. The minimum Gasteiger partial charge on any atom is -0.369 e. The maximum absolute atomic E-state index is 14.0. The molecular formula is C34H42N4O2S. The van der Waals surface area contributed by atoms with Gasteiger partial charge in [0, 0.05) is 54.9 Å². The number of nitrogens with zero attached hydrogens (tertiary/aromatic N) is 3. The van der Waals surface area contributed by atoms with Crippen LogP contribution in [0.4, 0.5) is 5.69 Å². The molecule has 1 aliphatic carbocycles. The van der Waals surface area contributed by atoms with E-state index >= 15 is 0 Å². The van der Waals surface area contributed by atoms with Gasteiger partial charge >= 0.3 is 0 Å². The number of benzene rings is 2. The highest BCUT2D eigenvalue weighted by Crippen LogP contribution is 2.47. The molecule has 6 rings (SSSR count). The predicted molar refractivity (Wildman–Crippen MR) is 167 cm³/mol. The molecule has 216 valence electrons. The van der Waals surface area contributed by atoms with Crippen molar-refractivity contribution in [3.05, 3.63) is 87.1 Å². The highest BCUT2D eigenvalue weighted by molar-refractivity contribution is 7.10. The van der Waals surface area contributed by atoms with Crippen molar-refractivity contribution in [2.75, 3.05) is 44.2 Å². The van der Waals surface area contributed by atoms with Gasteiger partial charge in [-0.1, -0.05) is 49.2 Å². The molecule has 3 aliphatic rings. The van der Waals surface area contributed by atoms with Crippen molar-refractivity contribution in [1.29, 1.82) is 0 Å². The summed E-state index contributed by atoms with van der Waals surface area (Å²) in [6.07, 6.45) is 5.23. The van der Waals surface area contributed by atoms with E-state index in [-0.39, 0.29) is 23.9 Å². The Morgan fingerprint density at radius 3 is 2.51 bits per heavy atom. The maximum atomic E-state index is 14.0. The lowest BCUT2D eigenvalue weighted by molar-refractivity contribution is -0.124. The zero-order chi connectivity index (χ0) is 28.3. The second-order valence-electron chi connectivity index (χ2n) is 11.9. The summed E-state index contributed by atoms with van der Waals surface area (Å²) >= 11 is 1.65. The number of carbonyl (C=O) groups is 2. The molecule has 2 amide bonds. The summed E-state index contributed by atoms with van der Waals surface area (Å²) in [5.41, 5.74) is 5.56. The minimum absolute atomic E-state index is 0.0334. The van der Waals surface area contributed by atoms with Crippen LogP contribution in [0, 0.1) is 13.8 Å². The highest BCUT2D eigenvalue weighted by Gasteiger charge is 2.47. The highest BCUT2D eigenvalue weighted by atomic mass is 32.1. The average molecular weight is 571 g/mol. The summed E-state index contributed by atoms with van der Waals surface area (Å²) < 4.78 is 0. The molecule has 1 N–H and O–H groups in total. The van der Waals surface area contributed by atoms with Gasteiger partial charge in [-0.2, -0.15) is 0 Å². The van der Waals surface area contributed by atoms with Crippen LogP contribution in [0.3, 0.4) is 0 Å². The van der Waals surface area contributed by atoms with Gasteiger partial charge in [0.1, 0.15) is 0 Å². The Hall–Kier alpha value is -3.16. The van der Waals surface area contributed by atoms with Gasteiger partial charge in [-0.05, 0) is 79.9 Å². The number of piperazine rings is 1. The van der Waals surface area contributed by atoms with E-state index in [9.17, 15) is 9.59 Å². The third-order valence-electron chi connectivity index (χ3n) is 9.24. The molecule has 6 nitrogen and oxygen atoms in total. The normalized spacial score (nSPS) is 21.8. The number of thiophene rings is 1. The van der Waals surface area contributed by atoms with E-state index in [1.807, 2.05) is 30.3 Å². The van der Waals surface area contributed by atoms with Crippen LogP contribution in [0.25, 0.3) is 0 Å². The molecule has 0 spiro atoms. The fourth-order valence-electron chi connectivity index (χ4n) is 7.08. The van der Waals surface area contributed by atoms with E-state index in [1.165, 1.54) is 16.8 Å². The van der Waals surface area contributed by atoms with E-state index in [2.05, 4.69) is 63.5 Å². The largest absolute Gasteiger partial charge is 0.369 e. The lowest BCUT2D eigenvalue weighted by Crippen LogP contribution is -2.51. The van der Waals surface area contributed by atoms with Crippen LogP contribution in [0.15, 0.2) is 60.0 Å². The number of hydrogen-bond acceptors (Lipinski definition) is 5. The van der Waals surface area contributed by atoms with E-state index < -0.39 is 5.92 Å². The van der Waals surface area contributed by atoms with Crippen LogP contribution in [0.1, 0.15) is 76.0 Å². The van der Waals surface area contributed by atoms with Crippen LogP contribution >= 0.6 is 11.3 Å². The van der Waals surface area contributed by atoms with Crippen molar-refractivity contribution in [1.82, 2.24) is 15.1 Å². The fraction of sp³-hybridized carbons (Fsp3) is 0.471. The van der Waals surface area contributed by atoms with Gasteiger partial charge in [-0.15, -0.1) is 11.3 Å². The number of amides is 2. The van der Waals surface area contributed by atoms with Crippen LogP contribution in [0.2, 0.25) is 0 Å². The maximum Gasteiger partial charge on any atom is 0.254 e. The Morgan fingerprint density at radius 1 is 0.976 bits per heavy atom. The summed E-state index contributed by atoms with van der Waals surface area (Å²) in [6.45, 7) is 10.1. The standard InChI is InChI=1S/C34H42N4O2S/c1-24-14-15-25(2)29(23-24)37-20-18-36(19-21-37)17-8-16-35-33(39)31-27-11-5-6-12-28(27)34(40)38(26-9-3-4-10-26)32(31)30-13-7-22-41-30/h5-7,11-15,22-23,26,31-32H,3-4,8-10,16-21H2,1-2H3,(H,35,39)/t31-,32+/m1/s1. The zero-order valence-electron chi connectivity index (χ0n) is 24.4. The van der Waals surface area contributed by atoms with Crippen molar-refractivity contribution in [2.45, 2.75) is 64.0 Å². The van der Waals surface area contributed by atoms with Crippen LogP contribution in [-0.4, -0.2) is 66.9 Å². The molecule has 2 fully saturated rings. The van der Waals surface area contributed by atoms with Gasteiger partial charge in [-0.3, -0.25) is 14.5 Å². The van der Waals surface area contributed by atoms with Gasteiger partial charge in [0.25, 0.3) is 5.91 Å². The van der Waals surface area contributed by atoms with Gasteiger partial charge in [-0.25, -0.2) is 0 Å². The Kier molecular flexibility index (Phi) is 8.45. The number of rotatable bonds is 8. The summed E-state index contributed by atoms with van der Waals surface area (Å²) in [5, 5.41) is 5.35. The Morgan fingerprint density at radius 2 is 1.76 bits per heavy atom. The Bertz CT molecular complexity index is 1360. The van der Waals surface area contributed by atoms with Crippen molar-refractivity contribution in [3.63, 3.8) is 0 Å². The van der Waals surface area contributed by atoms with Gasteiger partial charge in [0.05, 0.1) is 12.0 Å². The molecule has 3 heterocycles. The number of fused-ring (bicyclic) bond motifs is 1. The topological polar surface area (TPSA) is 55.9 Å². The third kappa shape index (κ3) is 5.80. The number of hydrogen-bond donors (Lipinski definition) is 1. The zero-order valence-corrected chi connectivity index (χ0v) is 25.2. The van der Waals surface area contributed by atoms with E-state index in [0.717, 1.165) is 75.3 Å². The first-order chi connectivity index (χ1) is 20.0. The summed E-state index contributed by atoms with van der Waals surface area (Å²) in [4.78, 5) is 36.0. The molecule has 3 aromatic rings. The van der Waals surface area contributed by atoms with Crippen molar-refractivity contribution in [2.24, 2.45) is 0 Å². The van der Waals surface area contributed by atoms with Gasteiger partial charge in [0.15, 0.2) is 0 Å². The smallest absolute Gasteiger partial charge is 0.254 e. The SMILES string of the molecule is Cc1ccc(C)c(N2CCN(CCCNC(=O)[C@@H]3c4ccccc4C(=O)N(C4CCCC4)[C@H]3c3cccs3)CC2)c1. The third-order valence-corrected chi connectivity index (χ3v) is 10.2. The Balaban J connectivity index is 1.10. The molecule has 7 heteroatoms. The quantitative estimate of drug-likeness (QED) is 0.342. The monoisotopic (exact) mass is 570 g/mol. The molecule has 0 unspecified atom stereocenters. The number of aryl methyl sites for hydroxylation is 2. The van der Waals surface area contributed by atoms with Crippen LogP contribution < -0.4 is 10.2 Å². The first-order valence-electron chi connectivity index (χ1n) is 15.3. The Labute approximate surface area is 248 Å². The van der Waals surface area contributed by atoms with Crippen LogP contribution in [0.5, 0.6) is 0 Å². The molecule has 41 heavy (non-hydrogen) atoms. The van der Waals surface area contributed by atoms with Crippen molar-refractivity contribution >= 4 is 28.8 Å². The molecule has 0 bridgehead atoms. The first kappa shape index (κ1) is 28.0. The molecule has 0 radical (unpaired) electrons.